The summed E-state index contributed by atoms with van der Waals surface area (Å²) in [6.07, 6.45) is 3.84. The van der Waals surface area contributed by atoms with Crippen molar-refractivity contribution in [3.63, 3.8) is 0 Å². The minimum atomic E-state index is -3.98. The van der Waals surface area contributed by atoms with Gasteiger partial charge in [0.05, 0.1) is 16.1 Å². The van der Waals surface area contributed by atoms with Gasteiger partial charge in [-0.3, -0.25) is 4.72 Å². The topological polar surface area (TPSA) is 101 Å². The number of carboxylic acid groups (broad SMARTS) is 1. The Morgan fingerprint density at radius 1 is 1.18 bits per heavy atom. The van der Waals surface area contributed by atoms with E-state index in [0.717, 1.165) is 17.7 Å². The highest BCUT2D eigenvalue weighted by molar-refractivity contribution is 7.92. The molecule has 0 atom stereocenters. The molecule has 0 unspecified atom stereocenters. The third-order valence-corrected chi connectivity index (χ3v) is 6.27. The van der Waals surface area contributed by atoms with Crippen molar-refractivity contribution in [2.24, 2.45) is 0 Å². The first-order valence-corrected chi connectivity index (χ1v) is 10.4. The maximum Gasteiger partial charge on any atom is 0.335 e. The van der Waals surface area contributed by atoms with Gasteiger partial charge in [0.25, 0.3) is 10.0 Å². The van der Waals surface area contributed by atoms with Crippen LogP contribution in [-0.4, -0.2) is 29.3 Å². The zero-order valence-electron chi connectivity index (χ0n) is 15.2. The molecule has 1 aliphatic carbocycles. The third-order valence-electron chi connectivity index (χ3n) is 4.86. The normalized spacial score (nSPS) is 13.3. The maximum absolute atomic E-state index is 13.1. The Hall–Kier alpha value is -3.13. The molecule has 3 aromatic rings. The second-order valence-electron chi connectivity index (χ2n) is 6.82. The summed E-state index contributed by atoms with van der Waals surface area (Å²) in [6.45, 7) is 1.77. The van der Waals surface area contributed by atoms with Crippen LogP contribution in [0.3, 0.4) is 0 Å². The predicted molar refractivity (Wildman–Crippen MR) is 105 cm³/mol. The highest BCUT2D eigenvalue weighted by Gasteiger charge is 2.27. The number of rotatable bonds is 5. The monoisotopic (exact) mass is 397 g/mol. The van der Waals surface area contributed by atoms with Crippen LogP contribution in [0.4, 0.5) is 5.82 Å². The number of aromatic nitrogens is 2. The molecule has 0 radical (unpaired) electrons. The van der Waals surface area contributed by atoms with E-state index in [0.29, 0.717) is 24.0 Å². The van der Waals surface area contributed by atoms with Crippen LogP contribution >= 0.6 is 0 Å². The zero-order valence-corrected chi connectivity index (χ0v) is 16.0. The van der Waals surface area contributed by atoms with Crippen LogP contribution in [0, 0.1) is 6.92 Å². The minimum Gasteiger partial charge on any atom is -0.478 e. The number of benzene rings is 2. The molecule has 0 amide bonds. The van der Waals surface area contributed by atoms with Crippen LogP contribution in [0.5, 0.6) is 0 Å². The van der Waals surface area contributed by atoms with Gasteiger partial charge in [0.15, 0.2) is 5.82 Å². The summed E-state index contributed by atoms with van der Waals surface area (Å²) >= 11 is 0. The Kier molecular flexibility index (Phi) is 4.43. The summed E-state index contributed by atoms with van der Waals surface area (Å²) in [5.74, 6) is -0.924. The summed E-state index contributed by atoms with van der Waals surface area (Å²) in [5.41, 5.74) is 2.93. The van der Waals surface area contributed by atoms with Gasteiger partial charge >= 0.3 is 5.97 Å². The van der Waals surface area contributed by atoms with E-state index in [1.54, 1.807) is 23.9 Å². The second-order valence-corrected chi connectivity index (χ2v) is 8.47. The number of fused-ring (bicyclic) bond motifs is 1. The number of aryl methyl sites for hydroxylation is 2. The quantitative estimate of drug-likeness (QED) is 0.689. The maximum atomic E-state index is 13.1. The Labute approximate surface area is 162 Å². The number of carbonyl (C=O) groups is 1. The molecule has 144 valence electrons. The summed E-state index contributed by atoms with van der Waals surface area (Å²) in [5, 5.41) is 13.7. The van der Waals surface area contributed by atoms with Crippen molar-refractivity contribution in [3.05, 3.63) is 70.9 Å². The molecule has 28 heavy (non-hydrogen) atoms. The second kappa shape index (κ2) is 6.79. The van der Waals surface area contributed by atoms with Gasteiger partial charge in [-0.15, -0.1) is 5.10 Å². The van der Waals surface area contributed by atoms with Gasteiger partial charge in [-0.25, -0.2) is 17.9 Å². The zero-order chi connectivity index (χ0) is 19.9. The van der Waals surface area contributed by atoms with E-state index in [1.165, 1.54) is 6.07 Å². The van der Waals surface area contributed by atoms with E-state index in [1.807, 2.05) is 30.3 Å². The fourth-order valence-electron chi connectivity index (χ4n) is 3.48. The molecule has 0 spiro atoms. The van der Waals surface area contributed by atoms with E-state index in [2.05, 4.69) is 9.82 Å². The highest BCUT2D eigenvalue weighted by atomic mass is 32.2. The lowest BCUT2D eigenvalue weighted by Crippen LogP contribution is -2.17. The Morgan fingerprint density at radius 3 is 2.64 bits per heavy atom. The summed E-state index contributed by atoms with van der Waals surface area (Å²) in [4.78, 5) is 11.4. The summed E-state index contributed by atoms with van der Waals surface area (Å²) in [6, 6.07) is 12.2. The van der Waals surface area contributed by atoms with Crippen molar-refractivity contribution in [1.29, 1.82) is 0 Å². The van der Waals surface area contributed by atoms with Gasteiger partial charge < -0.3 is 5.11 Å². The lowest BCUT2D eigenvalue weighted by Gasteiger charge is -2.12. The lowest BCUT2D eigenvalue weighted by atomic mass is 10.1. The first-order chi connectivity index (χ1) is 13.3. The van der Waals surface area contributed by atoms with E-state index < -0.39 is 16.0 Å². The summed E-state index contributed by atoms with van der Waals surface area (Å²) < 4.78 is 30.3. The SMILES string of the molecule is Cc1cn(-c2ccccc2)nc1NS(=O)(=O)c1cc(C(=O)O)cc2c1CCC2. The molecule has 0 fully saturated rings. The molecule has 4 rings (SSSR count). The number of sulfonamides is 1. The van der Waals surface area contributed by atoms with Crippen molar-refractivity contribution in [1.82, 2.24) is 9.78 Å². The Bertz CT molecular complexity index is 1170. The van der Waals surface area contributed by atoms with Crippen LogP contribution in [0.1, 0.15) is 33.5 Å². The molecular weight excluding hydrogens is 378 g/mol. The minimum absolute atomic E-state index is 0.0208. The molecule has 1 aromatic heterocycles. The van der Waals surface area contributed by atoms with E-state index in [-0.39, 0.29) is 16.3 Å². The standard InChI is InChI=1S/C20H19N3O4S/c1-13-12-23(16-7-3-2-4-8-16)21-19(13)22-28(26,27)18-11-15(20(24)25)10-14-6-5-9-17(14)18/h2-4,7-8,10-12H,5-6,9H2,1H3,(H,21,22)(H,24,25). The third kappa shape index (κ3) is 3.27. The average Bonchev–Trinajstić information content (AvgIpc) is 3.28. The fourth-order valence-corrected chi connectivity index (χ4v) is 4.89. The number of carboxylic acids is 1. The largest absolute Gasteiger partial charge is 0.478 e. The molecule has 2 aromatic carbocycles. The molecule has 0 aliphatic heterocycles. The van der Waals surface area contributed by atoms with Crippen LogP contribution in [-0.2, 0) is 22.9 Å². The van der Waals surface area contributed by atoms with Crippen LogP contribution in [0.2, 0.25) is 0 Å². The molecule has 7 nitrogen and oxygen atoms in total. The van der Waals surface area contributed by atoms with Crippen molar-refractivity contribution < 1.29 is 18.3 Å². The van der Waals surface area contributed by atoms with Crippen LogP contribution < -0.4 is 4.72 Å². The van der Waals surface area contributed by atoms with E-state index >= 15 is 0 Å². The number of hydrogen-bond donors (Lipinski definition) is 2. The molecule has 1 aliphatic rings. The molecule has 0 saturated heterocycles. The number of anilines is 1. The predicted octanol–water partition coefficient (Wildman–Crippen LogP) is 3.17. The first kappa shape index (κ1) is 18.2. The number of hydrogen-bond acceptors (Lipinski definition) is 4. The fraction of sp³-hybridized carbons (Fsp3) is 0.200. The summed E-state index contributed by atoms with van der Waals surface area (Å²) in [7, 11) is -3.98. The van der Waals surface area contributed by atoms with E-state index in [4.69, 9.17) is 0 Å². The van der Waals surface area contributed by atoms with Gasteiger partial charge in [0, 0.05) is 11.8 Å². The van der Waals surface area contributed by atoms with Gasteiger partial charge in [0.1, 0.15) is 0 Å². The van der Waals surface area contributed by atoms with Crippen molar-refractivity contribution in [3.8, 4) is 5.69 Å². The number of nitrogens with zero attached hydrogens (tertiary/aromatic N) is 2. The van der Waals surface area contributed by atoms with Gasteiger partial charge in [-0.1, -0.05) is 18.2 Å². The smallest absolute Gasteiger partial charge is 0.335 e. The molecule has 8 heteroatoms. The molecule has 0 saturated carbocycles. The number of para-hydroxylation sites is 1. The molecule has 1 heterocycles. The lowest BCUT2D eigenvalue weighted by molar-refractivity contribution is 0.0696. The Morgan fingerprint density at radius 2 is 1.93 bits per heavy atom. The molecule has 0 bridgehead atoms. The highest BCUT2D eigenvalue weighted by Crippen LogP contribution is 2.31. The van der Waals surface area contributed by atoms with Crippen LogP contribution in [0.15, 0.2) is 53.6 Å². The number of aromatic carboxylic acids is 1. The first-order valence-electron chi connectivity index (χ1n) is 8.89. The number of nitrogens with one attached hydrogen (secondary N) is 1. The van der Waals surface area contributed by atoms with Crippen molar-refractivity contribution in [2.45, 2.75) is 31.1 Å². The van der Waals surface area contributed by atoms with Crippen molar-refractivity contribution in [2.75, 3.05) is 4.72 Å². The average molecular weight is 397 g/mol. The Balaban J connectivity index is 1.73. The van der Waals surface area contributed by atoms with Gasteiger partial charge in [0.2, 0.25) is 0 Å². The molecular formula is C20H19N3O4S. The van der Waals surface area contributed by atoms with Gasteiger partial charge in [-0.05, 0) is 61.6 Å². The van der Waals surface area contributed by atoms with E-state index in [9.17, 15) is 18.3 Å². The van der Waals surface area contributed by atoms with Gasteiger partial charge in [-0.2, -0.15) is 0 Å². The molecule has 2 N–H and O–H groups in total. The van der Waals surface area contributed by atoms with Crippen molar-refractivity contribution >= 4 is 21.8 Å². The van der Waals surface area contributed by atoms with Crippen LogP contribution in [0.25, 0.3) is 5.69 Å².